The molecule has 0 heterocycles. The van der Waals surface area contributed by atoms with Crippen LogP contribution in [0.25, 0.3) is 0 Å². The summed E-state index contributed by atoms with van der Waals surface area (Å²) in [6.07, 6.45) is -5.19. The molecule has 0 fully saturated rings. The molecule has 0 amide bonds. The first-order valence-corrected chi connectivity index (χ1v) is 7.77. The van der Waals surface area contributed by atoms with Crippen molar-refractivity contribution < 1.29 is 13.2 Å². The molecule has 6 heteroatoms. The summed E-state index contributed by atoms with van der Waals surface area (Å²) in [6.45, 7) is 0. The minimum Gasteiger partial charge on any atom is -0.376 e. The average molecular weight is 423 g/mol. The van der Waals surface area contributed by atoms with Crippen LogP contribution in [0.3, 0.4) is 0 Å². The zero-order valence-electron chi connectivity index (χ0n) is 10.8. The van der Waals surface area contributed by atoms with Crippen LogP contribution in [0, 0.1) is 0 Å². The van der Waals surface area contributed by atoms with E-state index >= 15 is 0 Å². The number of hydrogen-bond donors (Lipinski definition) is 1. The first-order chi connectivity index (χ1) is 9.87. The van der Waals surface area contributed by atoms with Gasteiger partial charge in [0.15, 0.2) is 0 Å². The summed E-state index contributed by atoms with van der Waals surface area (Å²) in [6, 6.07) is 13.1. The minimum absolute atomic E-state index is 0.595. The summed E-state index contributed by atoms with van der Waals surface area (Å²) in [5, 5.41) is 2.97. The fourth-order valence-electron chi connectivity index (χ4n) is 1.98. The monoisotopic (exact) mass is 421 g/mol. The van der Waals surface area contributed by atoms with Gasteiger partial charge in [0.2, 0.25) is 0 Å². The Balaban J connectivity index is 2.33. The number of benzene rings is 2. The van der Waals surface area contributed by atoms with E-state index in [-0.39, 0.29) is 0 Å². The fourth-order valence-corrected chi connectivity index (χ4v) is 3.21. The van der Waals surface area contributed by atoms with Gasteiger partial charge < -0.3 is 5.32 Å². The largest absolute Gasteiger partial charge is 0.391 e. The van der Waals surface area contributed by atoms with Crippen LogP contribution in [-0.2, 0) is 0 Å². The van der Waals surface area contributed by atoms with Gasteiger partial charge >= 0.3 is 6.18 Å². The molecule has 2 aromatic carbocycles. The molecular formula is C15H12Br2F3N. The second-order valence-corrected chi connectivity index (χ2v) is 6.23. The van der Waals surface area contributed by atoms with Crippen molar-refractivity contribution in [1.82, 2.24) is 0 Å². The Morgan fingerprint density at radius 1 is 0.905 bits per heavy atom. The van der Waals surface area contributed by atoms with Gasteiger partial charge in [-0.25, -0.2) is 0 Å². The SMILES string of the molecule is FC(F)(F)CC(Nc1c(Br)cccc1Br)c1ccccc1. The predicted octanol–water partition coefficient (Wildman–Crippen LogP) is 6.32. The quantitative estimate of drug-likeness (QED) is 0.608. The first-order valence-electron chi connectivity index (χ1n) is 6.19. The Morgan fingerprint density at radius 3 is 2.00 bits per heavy atom. The lowest BCUT2D eigenvalue weighted by Crippen LogP contribution is -2.20. The zero-order chi connectivity index (χ0) is 15.5. The van der Waals surface area contributed by atoms with E-state index in [0.29, 0.717) is 20.2 Å². The van der Waals surface area contributed by atoms with Crippen molar-refractivity contribution in [2.45, 2.75) is 18.6 Å². The number of para-hydroxylation sites is 1. The summed E-state index contributed by atoms with van der Waals surface area (Å²) in [5.41, 5.74) is 1.20. The maximum atomic E-state index is 12.8. The van der Waals surface area contributed by atoms with E-state index in [0.717, 1.165) is 0 Å². The Labute approximate surface area is 137 Å². The molecule has 1 atom stereocenters. The van der Waals surface area contributed by atoms with Crippen molar-refractivity contribution in [3.05, 3.63) is 63.0 Å². The van der Waals surface area contributed by atoms with Crippen LogP contribution >= 0.6 is 31.9 Å². The van der Waals surface area contributed by atoms with Crippen LogP contribution in [0.5, 0.6) is 0 Å². The van der Waals surface area contributed by atoms with Crippen LogP contribution in [0.4, 0.5) is 18.9 Å². The lowest BCUT2D eigenvalue weighted by atomic mass is 10.0. The van der Waals surface area contributed by atoms with Crippen molar-refractivity contribution in [3.8, 4) is 0 Å². The number of halogens is 5. The molecule has 0 radical (unpaired) electrons. The standard InChI is InChI=1S/C15H12Br2F3N/c16-11-7-4-8-12(17)14(11)21-13(9-15(18,19)20)10-5-2-1-3-6-10/h1-8,13,21H,9H2. The van der Waals surface area contributed by atoms with Gasteiger partial charge in [0.25, 0.3) is 0 Å². The molecule has 0 bridgehead atoms. The van der Waals surface area contributed by atoms with Crippen LogP contribution in [0.1, 0.15) is 18.0 Å². The van der Waals surface area contributed by atoms with Crippen molar-refractivity contribution in [1.29, 1.82) is 0 Å². The maximum Gasteiger partial charge on any atom is 0.391 e. The molecule has 1 unspecified atom stereocenters. The second kappa shape index (κ2) is 6.83. The van der Waals surface area contributed by atoms with Gasteiger partial charge in [-0.2, -0.15) is 13.2 Å². The van der Waals surface area contributed by atoms with Crippen LogP contribution in [-0.4, -0.2) is 6.18 Å². The highest BCUT2D eigenvalue weighted by atomic mass is 79.9. The average Bonchev–Trinajstić information content (AvgIpc) is 2.41. The molecule has 2 aromatic rings. The van der Waals surface area contributed by atoms with Gasteiger partial charge in [-0.3, -0.25) is 0 Å². The van der Waals surface area contributed by atoms with E-state index in [2.05, 4.69) is 37.2 Å². The van der Waals surface area contributed by atoms with Crippen molar-refractivity contribution in [2.75, 3.05) is 5.32 Å². The highest BCUT2D eigenvalue weighted by Gasteiger charge is 2.33. The normalized spacial score (nSPS) is 13.0. The third kappa shape index (κ3) is 4.74. The molecule has 0 aliphatic heterocycles. The molecular weight excluding hydrogens is 411 g/mol. The molecule has 21 heavy (non-hydrogen) atoms. The van der Waals surface area contributed by atoms with Gasteiger partial charge in [-0.05, 0) is 49.6 Å². The van der Waals surface area contributed by atoms with Crippen LogP contribution in [0.2, 0.25) is 0 Å². The Kier molecular flexibility index (Phi) is 5.32. The van der Waals surface area contributed by atoms with Gasteiger partial charge in [0.1, 0.15) is 0 Å². The van der Waals surface area contributed by atoms with Crippen molar-refractivity contribution in [3.63, 3.8) is 0 Å². The summed E-state index contributed by atoms with van der Waals surface area (Å²) >= 11 is 6.71. The number of rotatable bonds is 4. The van der Waals surface area contributed by atoms with Crippen LogP contribution < -0.4 is 5.32 Å². The van der Waals surface area contributed by atoms with Gasteiger partial charge in [0.05, 0.1) is 18.2 Å². The molecule has 2 rings (SSSR count). The minimum atomic E-state index is -4.25. The van der Waals surface area contributed by atoms with Gasteiger partial charge in [-0.15, -0.1) is 0 Å². The molecule has 0 spiro atoms. The van der Waals surface area contributed by atoms with E-state index < -0.39 is 18.6 Å². The summed E-state index contributed by atoms with van der Waals surface area (Å²) in [5.74, 6) is 0. The molecule has 0 aromatic heterocycles. The smallest absolute Gasteiger partial charge is 0.376 e. The Hall–Kier alpha value is -1.01. The molecule has 0 aliphatic rings. The lowest BCUT2D eigenvalue weighted by Gasteiger charge is -2.23. The van der Waals surface area contributed by atoms with E-state index in [1.165, 1.54) is 0 Å². The van der Waals surface area contributed by atoms with Gasteiger partial charge in [0, 0.05) is 8.95 Å². The highest BCUT2D eigenvalue weighted by molar-refractivity contribution is 9.11. The zero-order valence-corrected chi connectivity index (χ0v) is 14.0. The number of alkyl halides is 3. The van der Waals surface area contributed by atoms with E-state index in [1.54, 1.807) is 48.5 Å². The first kappa shape index (κ1) is 16.4. The summed E-state index contributed by atoms with van der Waals surface area (Å²) in [4.78, 5) is 0. The summed E-state index contributed by atoms with van der Waals surface area (Å²) < 4.78 is 39.9. The molecule has 1 N–H and O–H groups in total. The number of nitrogens with one attached hydrogen (secondary N) is 1. The number of hydrogen-bond acceptors (Lipinski definition) is 1. The molecule has 0 saturated carbocycles. The van der Waals surface area contributed by atoms with E-state index in [9.17, 15) is 13.2 Å². The van der Waals surface area contributed by atoms with E-state index in [1.807, 2.05) is 0 Å². The Bertz CT molecular complexity index is 579. The van der Waals surface area contributed by atoms with Gasteiger partial charge in [-0.1, -0.05) is 36.4 Å². The third-order valence-corrected chi connectivity index (χ3v) is 4.24. The molecule has 112 valence electrons. The summed E-state index contributed by atoms with van der Waals surface area (Å²) in [7, 11) is 0. The fraction of sp³-hybridized carbons (Fsp3) is 0.200. The maximum absolute atomic E-state index is 12.8. The predicted molar refractivity (Wildman–Crippen MR) is 85.3 cm³/mol. The second-order valence-electron chi connectivity index (χ2n) is 4.52. The van der Waals surface area contributed by atoms with Crippen molar-refractivity contribution >= 4 is 37.5 Å². The topological polar surface area (TPSA) is 12.0 Å². The van der Waals surface area contributed by atoms with E-state index in [4.69, 9.17) is 0 Å². The molecule has 0 aliphatic carbocycles. The lowest BCUT2D eigenvalue weighted by molar-refractivity contribution is -0.137. The van der Waals surface area contributed by atoms with Crippen LogP contribution in [0.15, 0.2) is 57.5 Å². The van der Waals surface area contributed by atoms with Crippen molar-refractivity contribution in [2.24, 2.45) is 0 Å². The Morgan fingerprint density at radius 2 is 1.48 bits per heavy atom. The number of anilines is 1. The molecule has 1 nitrogen and oxygen atoms in total. The highest BCUT2D eigenvalue weighted by Crippen LogP contribution is 2.37. The molecule has 0 saturated heterocycles. The third-order valence-electron chi connectivity index (χ3n) is 2.92.